The summed E-state index contributed by atoms with van der Waals surface area (Å²) in [5.74, 6) is 0. The Morgan fingerprint density at radius 2 is 2.20 bits per heavy atom. The van der Waals surface area contributed by atoms with Crippen LogP contribution in [0.3, 0.4) is 0 Å². The lowest BCUT2D eigenvalue weighted by molar-refractivity contribution is 0.0647. The van der Waals surface area contributed by atoms with Crippen LogP contribution in [0.4, 0.5) is 0 Å². The average Bonchev–Trinajstić information content (AvgIpc) is 1.87. The van der Waals surface area contributed by atoms with Crippen molar-refractivity contribution in [1.29, 1.82) is 0 Å². The Morgan fingerprint density at radius 3 is 2.70 bits per heavy atom. The Bertz CT molecular complexity index is 116. The quantitative estimate of drug-likeness (QED) is 0.511. The fraction of sp³-hybridized carbons (Fsp3) is 1.00. The van der Waals surface area contributed by atoms with E-state index in [9.17, 15) is 0 Å². The molecule has 0 aromatic rings. The molecule has 2 fully saturated rings. The van der Waals surface area contributed by atoms with Gasteiger partial charge in [-0.2, -0.15) is 0 Å². The summed E-state index contributed by atoms with van der Waals surface area (Å²) < 4.78 is 2.38. The van der Waals surface area contributed by atoms with Gasteiger partial charge in [-0.15, -0.1) is 0 Å². The van der Waals surface area contributed by atoms with E-state index >= 15 is 0 Å². The van der Waals surface area contributed by atoms with Gasteiger partial charge in [0.15, 0.2) is 0 Å². The van der Waals surface area contributed by atoms with Crippen LogP contribution in [0.25, 0.3) is 0 Å². The Morgan fingerprint density at radius 1 is 1.40 bits per heavy atom. The summed E-state index contributed by atoms with van der Waals surface area (Å²) in [6.45, 7) is 5.11. The van der Waals surface area contributed by atoms with Gasteiger partial charge in [0.05, 0.1) is 0 Å². The zero-order chi connectivity index (χ0) is 7.03. The molecule has 2 heterocycles. The number of rotatable bonds is 0. The van der Waals surface area contributed by atoms with E-state index in [1.165, 1.54) is 39.0 Å². The van der Waals surface area contributed by atoms with Crippen molar-refractivity contribution in [3.8, 4) is 0 Å². The number of hydrogen-bond acceptors (Lipinski definition) is 2. The summed E-state index contributed by atoms with van der Waals surface area (Å²) in [5, 5.41) is 3.47. The van der Waals surface area contributed by atoms with Crippen LogP contribution >= 0.6 is 22.9 Å². The van der Waals surface area contributed by atoms with Crippen molar-refractivity contribution in [3.63, 3.8) is 0 Å². The SMILES string of the molecule is IN1CC2(CCCNC2)C1. The highest BCUT2D eigenvalue weighted by molar-refractivity contribution is 14.1. The number of hydrogen-bond donors (Lipinski definition) is 1. The second-order valence-corrected chi connectivity index (χ2v) is 4.92. The summed E-state index contributed by atoms with van der Waals surface area (Å²) >= 11 is 2.41. The normalized spacial score (nSPS) is 32.1. The van der Waals surface area contributed by atoms with Crippen LogP contribution < -0.4 is 5.32 Å². The van der Waals surface area contributed by atoms with E-state index in [1.807, 2.05) is 0 Å². The van der Waals surface area contributed by atoms with E-state index < -0.39 is 0 Å². The third kappa shape index (κ3) is 1.19. The maximum absolute atomic E-state index is 3.47. The molecule has 0 aromatic carbocycles. The minimum Gasteiger partial charge on any atom is -0.316 e. The maximum Gasteiger partial charge on any atom is 0.0202 e. The van der Waals surface area contributed by atoms with Gasteiger partial charge in [-0.3, -0.25) is 0 Å². The highest BCUT2D eigenvalue weighted by Crippen LogP contribution is 2.37. The summed E-state index contributed by atoms with van der Waals surface area (Å²) in [6, 6.07) is 0. The first kappa shape index (κ1) is 7.31. The molecule has 1 spiro atoms. The zero-order valence-corrected chi connectivity index (χ0v) is 8.23. The van der Waals surface area contributed by atoms with E-state index in [-0.39, 0.29) is 0 Å². The third-order valence-corrected chi connectivity index (χ3v) is 3.26. The van der Waals surface area contributed by atoms with Crippen molar-refractivity contribution in [2.24, 2.45) is 5.41 Å². The van der Waals surface area contributed by atoms with Crippen LogP contribution in [0.2, 0.25) is 0 Å². The number of piperidine rings is 1. The van der Waals surface area contributed by atoms with Gasteiger partial charge in [0.1, 0.15) is 0 Å². The smallest absolute Gasteiger partial charge is 0.0202 e. The van der Waals surface area contributed by atoms with Crippen molar-refractivity contribution >= 4 is 22.9 Å². The predicted octanol–water partition coefficient (Wildman–Crippen LogP) is 1.02. The summed E-state index contributed by atoms with van der Waals surface area (Å²) in [6.07, 6.45) is 2.82. The fourth-order valence-electron chi connectivity index (χ4n) is 1.98. The molecule has 0 aromatic heterocycles. The van der Waals surface area contributed by atoms with Crippen LogP contribution in [0.15, 0.2) is 0 Å². The zero-order valence-electron chi connectivity index (χ0n) is 6.07. The van der Waals surface area contributed by atoms with Crippen LogP contribution in [-0.4, -0.2) is 29.3 Å². The molecule has 0 atom stereocenters. The lowest BCUT2D eigenvalue weighted by atomic mass is 9.76. The Kier molecular flexibility index (Phi) is 1.90. The standard InChI is InChI=1S/C7H13IN2/c8-10-5-7(6-10)2-1-3-9-4-7/h9H,1-6H2. The van der Waals surface area contributed by atoms with Crippen LogP contribution in [0.5, 0.6) is 0 Å². The highest BCUT2D eigenvalue weighted by Gasteiger charge is 2.42. The van der Waals surface area contributed by atoms with E-state index in [4.69, 9.17) is 0 Å². The molecule has 2 rings (SSSR count). The van der Waals surface area contributed by atoms with Crippen LogP contribution in [0.1, 0.15) is 12.8 Å². The van der Waals surface area contributed by atoms with E-state index in [1.54, 1.807) is 0 Å². The fourth-order valence-corrected chi connectivity index (χ4v) is 3.43. The summed E-state index contributed by atoms with van der Waals surface area (Å²) in [7, 11) is 0. The highest BCUT2D eigenvalue weighted by atomic mass is 127. The molecule has 0 radical (unpaired) electrons. The van der Waals surface area contributed by atoms with Crippen LogP contribution in [-0.2, 0) is 0 Å². The Hall–Kier alpha value is 0.650. The first-order valence-electron chi connectivity index (χ1n) is 3.92. The van der Waals surface area contributed by atoms with Gasteiger partial charge < -0.3 is 5.32 Å². The second-order valence-electron chi connectivity index (χ2n) is 3.56. The third-order valence-electron chi connectivity index (χ3n) is 2.57. The van der Waals surface area contributed by atoms with Gasteiger partial charge in [-0.05, 0) is 19.4 Å². The molecule has 0 saturated carbocycles. The van der Waals surface area contributed by atoms with Gasteiger partial charge in [0.25, 0.3) is 0 Å². The van der Waals surface area contributed by atoms with Crippen molar-refractivity contribution in [2.75, 3.05) is 26.2 Å². The monoisotopic (exact) mass is 252 g/mol. The van der Waals surface area contributed by atoms with Gasteiger partial charge in [0.2, 0.25) is 0 Å². The van der Waals surface area contributed by atoms with E-state index in [0.29, 0.717) is 5.41 Å². The molecule has 0 bridgehead atoms. The molecule has 0 aliphatic carbocycles. The molecule has 1 N–H and O–H groups in total. The number of nitrogens with one attached hydrogen (secondary N) is 1. The molecule has 58 valence electrons. The predicted molar refractivity (Wildman–Crippen MR) is 50.1 cm³/mol. The first-order chi connectivity index (χ1) is 4.81. The van der Waals surface area contributed by atoms with Crippen molar-refractivity contribution < 1.29 is 0 Å². The van der Waals surface area contributed by atoms with Crippen molar-refractivity contribution in [2.45, 2.75) is 12.8 Å². The van der Waals surface area contributed by atoms with Gasteiger partial charge in [0, 0.05) is 47.9 Å². The summed E-state index contributed by atoms with van der Waals surface area (Å²) in [4.78, 5) is 0. The lowest BCUT2D eigenvalue weighted by Crippen LogP contribution is -2.58. The Labute approximate surface area is 75.8 Å². The molecular weight excluding hydrogens is 239 g/mol. The summed E-state index contributed by atoms with van der Waals surface area (Å²) in [5.41, 5.74) is 0.680. The van der Waals surface area contributed by atoms with Gasteiger partial charge >= 0.3 is 0 Å². The molecule has 0 amide bonds. The largest absolute Gasteiger partial charge is 0.316 e. The molecule has 2 aliphatic heterocycles. The van der Waals surface area contributed by atoms with Gasteiger partial charge in [-0.25, -0.2) is 3.11 Å². The van der Waals surface area contributed by atoms with Crippen molar-refractivity contribution in [3.05, 3.63) is 0 Å². The first-order valence-corrected chi connectivity index (χ1v) is 4.89. The molecule has 0 unspecified atom stereocenters. The number of nitrogens with zero attached hydrogens (tertiary/aromatic N) is 1. The number of halogens is 1. The molecule has 10 heavy (non-hydrogen) atoms. The van der Waals surface area contributed by atoms with E-state index in [0.717, 1.165) is 0 Å². The Balaban J connectivity index is 1.90. The molecule has 2 nitrogen and oxygen atoms in total. The second kappa shape index (κ2) is 2.60. The molecular formula is C7H13IN2. The van der Waals surface area contributed by atoms with E-state index in [2.05, 4.69) is 31.3 Å². The average molecular weight is 252 g/mol. The van der Waals surface area contributed by atoms with Gasteiger partial charge in [-0.1, -0.05) is 0 Å². The maximum atomic E-state index is 3.47. The van der Waals surface area contributed by atoms with Crippen LogP contribution in [0, 0.1) is 5.41 Å². The lowest BCUT2D eigenvalue weighted by Gasteiger charge is -2.49. The minimum atomic E-state index is 0.680. The molecule has 2 saturated heterocycles. The minimum absolute atomic E-state index is 0.680. The van der Waals surface area contributed by atoms with Crippen molar-refractivity contribution in [1.82, 2.24) is 8.43 Å². The topological polar surface area (TPSA) is 15.3 Å². The molecule has 3 heteroatoms. The molecule has 2 aliphatic rings.